The van der Waals surface area contributed by atoms with E-state index in [1.807, 2.05) is 12.1 Å². The van der Waals surface area contributed by atoms with Gasteiger partial charge in [0.15, 0.2) is 0 Å². The molecule has 0 aliphatic carbocycles. The molecular formula is C15H14ClN. The van der Waals surface area contributed by atoms with Crippen molar-refractivity contribution in [1.82, 2.24) is 5.32 Å². The van der Waals surface area contributed by atoms with Crippen LogP contribution in [0.3, 0.4) is 0 Å². The number of rotatable bonds is 1. The molecule has 86 valence electrons. The Kier molecular flexibility index (Phi) is 2.65. The second kappa shape index (κ2) is 4.17. The molecule has 2 heteroatoms. The van der Waals surface area contributed by atoms with Crippen molar-refractivity contribution < 1.29 is 0 Å². The average Bonchev–Trinajstić information content (AvgIpc) is 2.75. The summed E-state index contributed by atoms with van der Waals surface area (Å²) >= 11 is 6.33. The lowest BCUT2D eigenvalue weighted by Gasteiger charge is -2.16. The maximum absolute atomic E-state index is 6.33. The highest BCUT2D eigenvalue weighted by molar-refractivity contribution is 6.31. The lowest BCUT2D eigenvalue weighted by atomic mass is 9.95. The van der Waals surface area contributed by atoms with Gasteiger partial charge in [0.25, 0.3) is 0 Å². The Morgan fingerprint density at radius 1 is 1.12 bits per heavy atom. The molecule has 17 heavy (non-hydrogen) atoms. The van der Waals surface area contributed by atoms with E-state index in [-0.39, 0.29) is 6.04 Å². The van der Waals surface area contributed by atoms with Crippen LogP contribution >= 0.6 is 11.6 Å². The van der Waals surface area contributed by atoms with Gasteiger partial charge in [-0.2, -0.15) is 0 Å². The van der Waals surface area contributed by atoms with Gasteiger partial charge in [-0.1, -0.05) is 48.0 Å². The van der Waals surface area contributed by atoms with Crippen molar-refractivity contribution in [1.29, 1.82) is 0 Å². The second-order valence-electron chi connectivity index (χ2n) is 4.48. The summed E-state index contributed by atoms with van der Waals surface area (Å²) in [6.07, 6.45) is 0. The van der Waals surface area contributed by atoms with Gasteiger partial charge >= 0.3 is 0 Å². The van der Waals surface area contributed by atoms with Crippen LogP contribution in [0.4, 0.5) is 0 Å². The number of aryl methyl sites for hydroxylation is 1. The smallest absolute Gasteiger partial charge is 0.0599 e. The fourth-order valence-electron chi connectivity index (χ4n) is 2.55. The molecule has 0 bridgehead atoms. The number of benzene rings is 2. The highest BCUT2D eigenvalue weighted by Gasteiger charge is 2.26. The summed E-state index contributed by atoms with van der Waals surface area (Å²) in [5, 5.41) is 4.40. The molecule has 0 saturated heterocycles. The van der Waals surface area contributed by atoms with Crippen LogP contribution in [-0.4, -0.2) is 0 Å². The zero-order valence-electron chi connectivity index (χ0n) is 9.70. The molecule has 0 radical (unpaired) electrons. The van der Waals surface area contributed by atoms with Crippen LogP contribution in [0.5, 0.6) is 0 Å². The first kappa shape index (κ1) is 10.8. The minimum atomic E-state index is 0.236. The minimum absolute atomic E-state index is 0.236. The highest BCUT2D eigenvalue weighted by atomic mass is 35.5. The molecule has 0 aromatic heterocycles. The van der Waals surface area contributed by atoms with Crippen molar-refractivity contribution in [3.05, 3.63) is 69.7 Å². The molecule has 0 spiro atoms. The van der Waals surface area contributed by atoms with E-state index in [4.69, 9.17) is 11.6 Å². The molecule has 2 aromatic carbocycles. The summed E-state index contributed by atoms with van der Waals surface area (Å²) in [6, 6.07) is 14.8. The van der Waals surface area contributed by atoms with E-state index < -0.39 is 0 Å². The Labute approximate surface area is 106 Å². The maximum atomic E-state index is 6.33. The first-order valence-corrected chi connectivity index (χ1v) is 6.21. The monoisotopic (exact) mass is 243 g/mol. The topological polar surface area (TPSA) is 12.0 Å². The van der Waals surface area contributed by atoms with Crippen LogP contribution in [-0.2, 0) is 6.54 Å². The van der Waals surface area contributed by atoms with Gasteiger partial charge in [0.05, 0.1) is 6.04 Å². The van der Waals surface area contributed by atoms with Crippen molar-refractivity contribution in [2.45, 2.75) is 19.5 Å². The molecular weight excluding hydrogens is 230 g/mol. The number of hydrogen-bond acceptors (Lipinski definition) is 1. The SMILES string of the molecule is Cc1ccccc1C1NCc2cccc(Cl)c21. The lowest BCUT2D eigenvalue weighted by molar-refractivity contribution is 0.664. The lowest BCUT2D eigenvalue weighted by Crippen LogP contribution is -2.14. The third kappa shape index (κ3) is 1.76. The van der Waals surface area contributed by atoms with Crippen molar-refractivity contribution in [2.75, 3.05) is 0 Å². The quantitative estimate of drug-likeness (QED) is 0.803. The molecule has 1 unspecified atom stereocenters. The number of nitrogens with one attached hydrogen (secondary N) is 1. The van der Waals surface area contributed by atoms with Gasteiger partial charge in [-0.15, -0.1) is 0 Å². The van der Waals surface area contributed by atoms with E-state index in [1.165, 1.54) is 22.3 Å². The third-order valence-electron chi connectivity index (χ3n) is 3.43. The number of halogens is 1. The van der Waals surface area contributed by atoms with Crippen molar-refractivity contribution in [2.24, 2.45) is 0 Å². The average molecular weight is 244 g/mol. The van der Waals surface area contributed by atoms with Crippen LogP contribution in [0.25, 0.3) is 0 Å². The second-order valence-corrected chi connectivity index (χ2v) is 4.89. The van der Waals surface area contributed by atoms with Gasteiger partial charge in [-0.05, 0) is 35.2 Å². The van der Waals surface area contributed by atoms with Gasteiger partial charge in [0, 0.05) is 11.6 Å². The molecule has 0 saturated carbocycles. The minimum Gasteiger partial charge on any atom is -0.302 e. The molecule has 1 aliphatic rings. The molecule has 1 aliphatic heterocycles. The maximum Gasteiger partial charge on any atom is 0.0599 e. The van der Waals surface area contributed by atoms with Crippen molar-refractivity contribution in [3.63, 3.8) is 0 Å². The fourth-order valence-corrected chi connectivity index (χ4v) is 2.85. The molecule has 1 nitrogen and oxygen atoms in total. The van der Waals surface area contributed by atoms with E-state index in [1.54, 1.807) is 0 Å². The van der Waals surface area contributed by atoms with E-state index in [0.29, 0.717) is 0 Å². The highest BCUT2D eigenvalue weighted by Crippen LogP contribution is 2.36. The summed E-state index contributed by atoms with van der Waals surface area (Å²) in [5.74, 6) is 0. The van der Waals surface area contributed by atoms with E-state index in [9.17, 15) is 0 Å². The Morgan fingerprint density at radius 3 is 2.76 bits per heavy atom. The molecule has 3 rings (SSSR count). The van der Waals surface area contributed by atoms with Crippen LogP contribution in [0.15, 0.2) is 42.5 Å². The molecule has 1 heterocycles. The Hall–Kier alpha value is -1.31. The summed E-state index contributed by atoms with van der Waals surface area (Å²) in [7, 11) is 0. The van der Waals surface area contributed by atoms with Crippen molar-refractivity contribution in [3.8, 4) is 0 Å². The molecule has 1 N–H and O–H groups in total. The molecule has 2 aromatic rings. The summed E-state index contributed by atoms with van der Waals surface area (Å²) in [6.45, 7) is 3.04. The number of hydrogen-bond donors (Lipinski definition) is 1. The van der Waals surface area contributed by atoms with Crippen LogP contribution in [0.2, 0.25) is 5.02 Å². The normalized spacial score (nSPS) is 18.1. The third-order valence-corrected chi connectivity index (χ3v) is 3.76. The predicted molar refractivity (Wildman–Crippen MR) is 71.3 cm³/mol. The summed E-state index contributed by atoms with van der Waals surface area (Å²) in [5.41, 5.74) is 5.17. The zero-order chi connectivity index (χ0) is 11.8. The standard InChI is InChI=1S/C15H14ClN/c1-10-5-2-3-7-12(10)15-14-11(9-17-15)6-4-8-13(14)16/h2-8,15,17H,9H2,1H3. The first-order chi connectivity index (χ1) is 8.27. The predicted octanol–water partition coefficient (Wildman–Crippen LogP) is 3.84. The van der Waals surface area contributed by atoms with Crippen LogP contribution in [0, 0.1) is 6.92 Å². The Balaban J connectivity index is 2.13. The van der Waals surface area contributed by atoms with Gasteiger partial charge < -0.3 is 5.32 Å². The van der Waals surface area contributed by atoms with Crippen molar-refractivity contribution >= 4 is 11.6 Å². The van der Waals surface area contributed by atoms with Gasteiger partial charge in [-0.25, -0.2) is 0 Å². The van der Waals surface area contributed by atoms with Crippen LogP contribution in [0.1, 0.15) is 28.3 Å². The van der Waals surface area contributed by atoms with Gasteiger partial charge in [0.2, 0.25) is 0 Å². The molecule has 0 amide bonds. The zero-order valence-corrected chi connectivity index (χ0v) is 10.5. The van der Waals surface area contributed by atoms with Crippen LogP contribution < -0.4 is 5.32 Å². The fraction of sp³-hybridized carbons (Fsp3) is 0.200. The molecule has 0 fully saturated rings. The molecule has 1 atom stereocenters. The largest absolute Gasteiger partial charge is 0.302 e. The number of fused-ring (bicyclic) bond motifs is 1. The van der Waals surface area contributed by atoms with Gasteiger partial charge in [-0.3, -0.25) is 0 Å². The van der Waals surface area contributed by atoms with Gasteiger partial charge in [0.1, 0.15) is 0 Å². The Bertz CT molecular complexity index is 563. The van der Waals surface area contributed by atoms with E-state index in [0.717, 1.165) is 11.6 Å². The Morgan fingerprint density at radius 2 is 1.94 bits per heavy atom. The van der Waals surface area contributed by atoms with E-state index >= 15 is 0 Å². The summed E-state index contributed by atoms with van der Waals surface area (Å²) in [4.78, 5) is 0. The first-order valence-electron chi connectivity index (χ1n) is 5.83. The summed E-state index contributed by atoms with van der Waals surface area (Å²) < 4.78 is 0. The van der Waals surface area contributed by atoms with E-state index in [2.05, 4.69) is 42.6 Å².